The van der Waals surface area contributed by atoms with E-state index in [-0.39, 0.29) is 16.5 Å². The summed E-state index contributed by atoms with van der Waals surface area (Å²) in [6.07, 6.45) is 3.14. The highest BCUT2D eigenvalue weighted by Gasteiger charge is 2.23. The lowest BCUT2D eigenvalue weighted by molar-refractivity contribution is 0.0601. The van der Waals surface area contributed by atoms with E-state index in [1.54, 1.807) is 25.3 Å². The van der Waals surface area contributed by atoms with Gasteiger partial charge in [-0.2, -0.15) is 0 Å². The van der Waals surface area contributed by atoms with Crippen LogP contribution >= 0.6 is 11.3 Å². The summed E-state index contributed by atoms with van der Waals surface area (Å²) in [5, 5.41) is 2.97. The molecule has 0 saturated carbocycles. The number of ether oxygens (including phenoxy) is 1. The molecule has 0 unspecified atom stereocenters. The molecule has 0 aromatic carbocycles. The number of aromatic nitrogens is 1. The van der Waals surface area contributed by atoms with E-state index in [1.807, 2.05) is 0 Å². The smallest absolute Gasteiger partial charge is 0.341 e. The number of nitrogen functional groups attached to an aromatic ring is 1. The fourth-order valence-corrected chi connectivity index (χ4v) is 2.69. The molecule has 2 aromatic heterocycles. The maximum absolute atomic E-state index is 12.2. The lowest BCUT2D eigenvalue weighted by Crippen LogP contribution is -2.12. The van der Waals surface area contributed by atoms with Crippen LogP contribution in [0.1, 0.15) is 25.6 Å². The Morgan fingerprint density at radius 1 is 1.45 bits per heavy atom. The number of anilines is 2. The Bertz CT molecular complexity index is 652. The van der Waals surface area contributed by atoms with E-state index in [4.69, 9.17) is 5.73 Å². The van der Waals surface area contributed by atoms with Gasteiger partial charge in [0.05, 0.1) is 29.4 Å². The number of hydrogen-bond acceptors (Lipinski definition) is 6. The number of rotatable bonds is 3. The topological polar surface area (TPSA) is 94.3 Å². The van der Waals surface area contributed by atoms with Gasteiger partial charge in [-0.05, 0) is 24.6 Å². The summed E-state index contributed by atoms with van der Waals surface area (Å²) < 4.78 is 4.66. The Morgan fingerprint density at radius 3 is 2.80 bits per heavy atom. The highest BCUT2D eigenvalue weighted by atomic mass is 32.1. The van der Waals surface area contributed by atoms with Crippen LogP contribution in [0.3, 0.4) is 0 Å². The molecule has 2 rings (SSSR count). The molecule has 0 aliphatic rings. The number of methoxy groups -OCH3 is 1. The van der Waals surface area contributed by atoms with E-state index in [2.05, 4.69) is 15.0 Å². The first-order valence-electron chi connectivity index (χ1n) is 5.73. The number of nitrogens with one attached hydrogen (secondary N) is 1. The molecule has 0 atom stereocenters. The molecule has 6 nitrogen and oxygen atoms in total. The molecular weight excluding hydrogens is 278 g/mol. The molecule has 2 heterocycles. The SMILES string of the molecule is COC(=O)c1c(N)sc(C(=O)Nc2cccnc2)c1C. The van der Waals surface area contributed by atoms with Crippen molar-refractivity contribution in [3.8, 4) is 0 Å². The van der Waals surface area contributed by atoms with Gasteiger partial charge in [-0.25, -0.2) is 4.79 Å². The average Bonchev–Trinajstić information content (AvgIpc) is 2.74. The number of nitrogens with two attached hydrogens (primary N) is 1. The third-order valence-electron chi connectivity index (χ3n) is 2.69. The third kappa shape index (κ3) is 2.62. The quantitative estimate of drug-likeness (QED) is 0.844. The monoisotopic (exact) mass is 291 g/mol. The number of amides is 1. The van der Waals surface area contributed by atoms with E-state index in [0.717, 1.165) is 11.3 Å². The van der Waals surface area contributed by atoms with Crippen LogP contribution < -0.4 is 11.1 Å². The Kier molecular flexibility index (Phi) is 3.99. The summed E-state index contributed by atoms with van der Waals surface area (Å²) in [7, 11) is 1.27. The zero-order valence-corrected chi connectivity index (χ0v) is 11.8. The average molecular weight is 291 g/mol. The first-order chi connectivity index (χ1) is 9.54. The third-order valence-corrected chi connectivity index (χ3v) is 3.81. The molecule has 1 amide bonds. The van der Waals surface area contributed by atoms with Crippen molar-refractivity contribution >= 4 is 33.9 Å². The molecule has 7 heteroatoms. The van der Waals surface area contributed by atoms with Crippen molar-refractivity contribution in [1.82, 2.24) is 4.98 Å². The number of nitrogens with zero attached hydrogens (tertiary/aromatic N) is 1. The van der Waals surface area contributed by atoms with E-state index in [0.29, 0.717) is 16.1 Å². The van der Waals surface area contributed by atoms with Gasteiger partial charge in [0.2, 0.25) is 0 Å². The molecule has 3 N–H and O–H groups in total. The van der Waals surface area contributed by atoms with Crippen molar-refractivity contribution in [2.24, 2.45) is 0 Å². The highest BCUT2D eigenvalue weighted by Crippen LogP contribution is 2.31. The van der Waals surface area contributed by atoms with E-state index < -0.39 is 5.97 Å². The molecule has 0 fully saturated rings. The number of carbonyl (C=O) groups is 2. The lowest BCUT2D eigenvalue weighted by Gasteiger charge is -2.04. The fourth-order valence-electron chi connectivity index (χ4n) is 1.73. The van der Waals surface area contributed by atoms with Crippen LogP contribution in [0.2, 0.25) is 0 Å². The molecule has 2 aromatic rings. The van der Waals surface area contributed by atoms with Crippen molar-refractivity contribution in [2.45, 2.75) is 6.92 Å². The number of carbonyl (C=O) groups excluding carboxylic acids is 2. The van der Waals surface area contributed by atoms with E-state index in [1.165, 1.54) is 13.3 Å². The Morgan fingerprint density at radius 2 is 2.20 bits per heavy atom. The van der Waals surface area contributed by atoms with Crippen molar-refractivity contribution in [3.05, 3.63) is 40.5 Å². The van der Waals surface area contributed by atoms with Crippen molar-refractivity contribution in [3.63, 3.8) is 0 Å². The Labute approximate surface area is 119 Å². The molecule has 0 bridgehead atoms. The van der Waals surface area contributed by atoms with Crippen LogP contribution in [0, 0.1) is 6.92 Å². The van der Waals surface area contributed by atoms with Crippen molar-refractivity contribution < 1.29 is 14.3 Å². The zero-order valence-electron chi connectivity index (χ0n) is 11.0. The van der Waals surface area contributed by atoms with Gasteiger partial charge in [-0.15, -0.1) is 11.3 Å². The second-order valence-electron chi connectivity index (χ2n) is 3.98. The first kappa shape index (κ1) is 14.0. The van der Waals surface area contributed by atoms with Crippen LogP contribution in [0.25, 0.3) is 0 Å². The van der Waals surface area contributed by atoms with Crippen LogP contribution in [0.4, 0.5) is 10.7 Å². The van der Waals surface area contributed by atoms with E-state index >= 15 is 0 Å². The van der Waals surface area contributed by atoms with Crippen LogP contribution in [0.15, 0.2) is 24.5 Å². The van der Waals surface area contributed by atoms with Gasteiger partial charge in [0.1, 0.15) is 5.00 Å². The van der Waals surface area contributed by atoms with Gasteiger partial charge in [-0.3, -0.25) is 9.78 Å². The zero-order chi connectivity index (χ0) is 14.7. The summed E-state index contributed by atoms with van der Waals surface area (Å²) in [6, 6.07) is 3.43. The second kappa shape index (κ2) is 5.70. The molecular formula is C13H13N3O3S. The molecule has 0 spiro atoms. The fraction of sp³-hybridized carbons (Fsp3) is 0.154. The summed E-state index contributed by atoms with van der Waals surface area (Å²) in [5.41, 5.74) is 7.11. The number of thiophene rings is 1. The van der Waals surface area contributed by atoms with Gasteiger partial charge < -0.3 is 15.8 Å². The second-order valence-corrected chi connectivity index (χ2v) is 5.04. The lowest BCUT2D eigenvalue weighted by atomic mass is 10.1. The summed E-state index contributed by atoms with van der Waals surface area (Å²) >= 11 is 1.06. The van der Waals surface area contributed by atoms with Crippen molar-refractivity contribution in [2.75, 3.05) is 18.2 Å². The summed E-state index contributed by atoms with van der Waals surface area (Å²) in [4.78, 5) is 28.1. The molecule has 20 heavy (non-hydrogen) atoms. The number of hydrogen-bond donors (Lipinski definition) is 2. The largest absolute Gasteiger partial charge is 0.465 e. The van der Waals surface area contributed by atoms with Crippen LogP contribution in [-0.4, -0.2) is 24.0 Å². The maximum Gasteiger partial charge on any atom is 0.341 e. The van der Waals surface area contributed by atoms with Crippen LogP contribution in [0.5, 0.6) is 0 Å². The minimum atomic E-state index is -0.545. The number of pyridine rings is 1. The summed E-state index contributed by atoms with van der Waals surface area (Å²) in [6.45, 7) is 1.66. The normalized spacial score (nSPS) is 10.1. The minimum absolute atomic E-state index is 0.244. The van der Waals surface area contributed by atoms with Gasteiger partial charge in [0.15, 0.2) is 0 Å². The predicted molar refractivity (Wildman–Crippen MR) is 77.0 cm³/mol. The first-order valence-corrected chi connectivity index (χ1v) is 6.54. The molecule has 0 radical (unpaired) electrons. The Balaban J connectivity index is 2.30. The molecule has 0 saturated heterocycles. The van der Waals surface area contributed by atoms with Gasteiger partial charge in [-0.1, -0.05) is 0 Å². The predicted octanol–water partition coefficient (Wildman–Crippen LogP) is 2.07. The van der Waals surface area contributed by atoms with Gasteiger partial charge in [0.25, 0.3) is 5.91 Å². The Hall–Kier alpha value is -2.41. The van der Waals surface area contributed by atoms with Crippen LogP contribution in [-0.2, 0) is 4.74 Å². The van der Waals surface area contributed by atoms with Crippen molar-refractivity contribution in [1.29, 1.82) is 0 Å². The van der Waals surface area contributed by atoms with Gasteiger partial charge >= 0.3 is 5.97 Å². The highest BCUT2D eigenvalue weighted by molar-refractivity contribution is 7.18. The number of esters is 1. The van der Waals surface area contributed by atoms with Gasteiger partial charge in [0, 0.05) is 6.20 Å². The standard InChI is InChI=1S/C13H13N3O3S/c1-7-9(13(18)19-2)11(14)20-10(7)12(17)16-8-4-3-5-15-6-8/h3-6H,14H2,1-2H3,(H,16,17). The minimum Gasteiger partial charge on any atom is -0.465 e. The maximum atomic E-state index is 12.2. The molecule has 0 aliphatic heterocycles. The molecule has 0 aliphatic carbocycles. The van der Waals surface area contributed by atoms with E-state index in [9.17, 15) is 9.59 Å². The summed E-state index contributed by atoms with van der Waals surface area (Å²) in [5.74, 6) is -0.876. The molecule has 104 valence electrons.